The summed E-state index contributed by atoms with van der Waals surface area (Å²) in [6.45, 7) is 5.84. The maximum absolute atomic E-state index is 12.8. The van der Waals surface area contributed by atoms with E-state index in [2.05, 4.69) is 10.6 Å². The molecule has 0 fully saturated rings. The maximum Gasteiger partial charge on any atom is 0.342 e. The van der Waals surface area contributed by atoms with Gasteiger partial charge in [0.2, 0.25) is 5.91 Å². The van der Waals surface area contributed by atoms with Crippen molar-refractivity contribution in [2.24, 2.45) is 0 Å². The summed E-state index contributed by atoms with van der Waals surface area (Å²) in [4.78, 5) is 36.8. The quantitative estimate of drug-likeness (QED) is 0.362. The van der Waals surface area contributed by atoms with Crippen LogP contribution in [0.25, 0.3) is 11.1 Å². The van der Waals surface area contributed by atoms with Gasteiger partial charge >= 0.3 is 5.97 Å². The lowest BCUT2D eigenvalue weighted by atomic mass is 10.0. The van der Waals surface area contributed by atoms with Crippen molar-refractivity contribution >= 4 is 34.1 Å². The minimum absolute atomic E-state index is 0.248. The highest BCUT2D eigenvalue weighted by molar-refractivity contribution is 7.15. The predicted octanol–water partition coefficient (Wildman–Crippen LogP) is 4.39. The van der Waals surface area contributed by atoms with Crippen LogP contribution in [0.4, 0.5) is 5.00 Å². The first-order chi connectivity index (χ1) is 13.9. The Labute approximate surface area is 175 Å². The number of carbonyl (C=O) groups is 3. The number of amides is 2. The lowest BCUT2D eigenvalue weighted by Crippen LogP contribution is -2.29. The monoisotopic (exact) mass is 414 g/mol. The van der Waals surface area contributed by atoms with Crippen molar-refractivity contribution < 1.29 is 19.1 Å². The van der Waals surface area contributed by atoms with E-state index in [1.54, 1.807) is 5.38 Å². The number of thiophene rings is 1. The molecule has 2 amide bonds. The van der Waals surface area contributed by atoms with Gasteiger partial charge in [-0.05, 0) is 25.8 Å². The standard InChI is InChI=1S/C22H26N2O4S/c1-4-5-11-23-19(26)13-28-22(27)20-17(16-9-7-6-8-10-16)14-29-21(20)24-18(25)12-15(2)3/h6-10,12,14H,4-5,11,13H2,1-3H3,(H,23,26)(H,24,25). The molecule has 0 saturated carbocycles. The fourth-order valence-corrected chi connectivity index (χ4v) is 3.51. The van der Waals surface area contributed by atoms with Gasteiger partial charge in [-0.25, -0.2) is 4.79 Å². The molecule has 29 heavy (non-hydrogen) atoms. The number of allylic oxidation sites excluding steroid dienone is 1. The summed E-state index contributed by atoms with van der Waals surface area (Å²) in [7, 11) is 0. The van der Waals surface area contributed by atoms with Crippen LogP contribution in [0.1, 0.15) is 44.0 Å². The Hall–Kier alpha value is -2.93. The van der Waals surface area contributed by atoms with Crippen molar-refractivity contribution in [2.45, 2.75) is 33.6 Å². The fourth-order valence-electron chi connectivity index (χ4n) is 2.55. The number of unbranched alkanes of at least 4 members (excludes halogenated alkanes) is 1. The summed E-state index contributed by atoms with van der Waals surface area (Å²) in [6.07, 6.45) is 3.28. The van der Waals surface area contributed by atoms with Gasteiger partial charge in [0.1, 0.15) is 10.6 Å². The largest absolute Gasteiger partial charge is 0.452 e. The van der Waals surface area contributed by atoms with Gasteiger partial charge in [-0.2, -0.15) is 0 Å². The maximum atomic E-state index is 12.8. The Morgan fingerprint density at radius 3 is 2.52 bits per heavy atom. The van der Waals surface area contributed by atoms with Crippen LogP contribution in [0.15, 0.2) is 47.4 Å². The second-order valence-electron chi connectivity index (χ2n) is 6.71. The molecule has 0 aliphatic heterocycles. The van der Waals surface area contributed by atoms with Crippen molar-refractivity contribution in [1.29, 1.82) is 0 Å². The van der Waals surface area contributed by atoms with Crippen molar-refractivity contribution in [3.05, 3.63) is 52.9 Å². The number of esters is 1. The van der Waals surface area contributed by atoms with E-state index in [9.17, 15) is 14.4 Å². The van der Waals surface area contributed by atoms with Crippen molar-refractivity contribution in [3.8, 4) is 11.1 Å². The normalized spacial score (nSPS) is 10.2. The van der Waals surface area contributed by atoms with E-state index < -0.39 is 5.97 Å². The first-order valence-corrected chi connectivity index (χ1v) is 10.4. The zero-order valence-corrected chi connectivity index (χ0v) is 17.7. The van der Waals surface area contributed by atoms with E-state index in [0.29, 0.717) is 17.1 Å². The highest BCUT2D eigenvalue weighted by Gasteiger charge is 2.23. The number of anilines is 1. The second-order valence-corrected chi connectivity index (χ2v) is 7.59. The first kappa shape index (κ1) is 22.4. The number of carbonyl (C=O) groups excluding carboxylic acids is 3. The Morgan fingerprint density at radius 1 is 1.14 bits per heavy atom. The summed E-state index contributed by atoms with van der Waals surface area (Å²) in [5.74, 6) is -1.32. The first-order valence-electron chi connectivity index (χ1n) is 9.49. The van der Waals surface area contributed by atoms with Crippen LogP contribution in [0.3, 0.4) is 0 Å². The lowest BCUT2D eigenvalue weighted by Gasteiger charge is -2.09. The average molecular weight is 415 g/mol. The molecule has 0 saturated heterocycles. The molecule has 0 bridgehead atoms. The number of hydrogen-bond acceptors (Lipinski definition) is 5. The molecule has 1 aromatic carbocycles. The second kappa shape index (κ2) is 11.2. The third-order valence-corrected chi connectivity index (χ3v) is 4.82. The van der Waals surface area contributed by atoms with Gasteiger partial charge in [-0.3, -0.25) is 9.59 Å². The molecule has 0 spiro atoms. The topological polar surface area (TPSA) is 84.5 Å². The van der Waals surface area contributed by atoms with Crippen LogP contribution in [0.5, 0.6) is 0 Å². The highest BCUT2D eigenvalue weighted by atomic mass is 32.1. The summed E-state index contributed by atoms with van der Waals surface area (Å²) in [5.41, 5.74) is 2.57. The molecule has 0 unspecified atom stereocenters. The van der Waals surface area contributed by atoms with E-state index in [0.717, 1.165) is 24.0 Å². The average Bonchev–Trinajstić information content (AvgIpc) is 3.09. The van der Waals surface area contributed by atoms with Crippen molar-refractivity contribution in [1.82, 2.24) is 5.32 Å². The number of rotatable bonds is 9. The number of benzene rings is 1. The number of hydrogen-bond donors (Lipinski definition) is 2. The molecule has 1 aromatic heterocycles. The van der Waals surface area contributed by atoms with E-state index >= 15 is 0 Å². The number of nitrogens with one attached hydrogen (secondary N) is 2. The smallest absolute Gasteiger partial charge is 0.342 e. The highest BCUT2D eigenvalue weighted by Crippen LogP contribution is 2.36. The van der Waals surface area contributed by atoms with Crippen LogP contribution in [0, 0.1) is 0 Å². The third-order valence-electron chi connectivity index (χ3n) is 3.92. The minimum Gasteiger partial charge on any atom is -0.452 e. The Kier molecular flexibility index (Phi) is 8.61. The van der Waals surface area contributed by atoms with Crippen LogP contribution in [0.2, 0.25) is 0 Å². The molecule has 0 aliphatic rings. The molecule has 2 aromatic rings. The molecule has 7 heteroatoms. The van der Waals surface area contributed by atoms with E-state index in [1.165, 1.54) is 17.4 Å². The summed E-state index contributed by atoms with van der Waals surface area (Å²) in [5, 5.41) is 7.64. The van der Waals surface area contributed by atoms with Gasteiger partial charge in [0.15, 0.2) is 6.61 Å². The molecule has 154 valence electrons. The molecule has 0 atom stereocenters. The van der Waals surface area contributed by atoms with Gasteiger partial charge in [0.25, 0.3) is 5.91 Å². The SMILES string of the molecule is CCCCNC(=O)COC(=O)c1c(-c2ccccc2)csc1NC(=O)C=C(C)C. The molecule has 1 heterocycles. The zero-order chi connectivity index (χ0) is 21.2. The Morgan fingerprint density at radius 2 is 1.86 bits per heavy atom. The summed E-state index contributed by atoms with van der Waals surface area (Å²) >= 11 is 1.24. The lowest BCUT2D eigenvalue weighted by molar-refractivity contribution is -0.124. The zero-order valence-electron chi connectivity index (χ0n) is 16.9. The Balaban J connectivity index is 2.23. The molecular weight excluding hydrogens is 388 g/mol. The Bertz CT molecular complexity index is 883. The van der Waals surface area contributed by atoms with Gasteiger partial charge in [-0.1, -0.05) is 49.2 Å². The van der Waals surface area contributed by atoms with Gasteiger partial charge in [0.05, 0.1) is 0 Å². The van der Waals surface area contributed by atoms with Crippen LogP contribution in [-0.4, -0.2) is 30.9 Å². The van der Waals surface area contributed by atoms with Gasteiger partial charge in [0, 0.05) is 23.6 Å². The summed E-state index contributed by atoms with van der Waals surface area (Å²) in [6, 6.07) is 9.36. The summed E-state index contributed by atoms with van der Waals surface area (Å²) < 4.78 is 5.23. The van der Waals surface area contributed by atoms with E-state index in [1.807, 2.05) is 51.1 Å². The molecule has 0 radical (unpaired) electrons. The predicted molar refractivity (Wildman–Crippen MR) is 116 cm³/mol. The third kappa shape index (κ3) is 6.87. The molecule has 0 aliphatic carbocycles. The van der Waals surface area contributed by atoms with Crippen molar-refractivity contribution in [3.63, 3.8) is 0 Å². The molecular formula is C22H26N2O4S. The minimum atomic E-state index is -0.650. The van der Waals surface area contributed by atoms with E-state index in [-0.39, 0.29) is 24.0 Å². The van der Waals surface area contributed by atoms with Crippen LogP contribution >= 0.6 is 11.3 Å². The number of ether oxygens (including phenoxy) is 1. The molecule has 6 nitrogen and oxygen atoms in total. The van der Waals surface area contributed by atoms with Gasteiger partial charge < -0.3 is 15.4 Å². The van der Waals surface area contributed by atoms with E-state index in [4.69, 9.17) is 4.74 Å². The van der Waals surface area contributed by atoms with Crippen LogP contribution in [-0.2, 0) is 14.3 Å². The van der Waals surface area contributed by atoms with Gasteiger partial charge in [-0.15, -0.1) is 11.3 Å². The molecule has 2 N–H and O–H groups in total. The fraction of sp³-hybridized carbons (Fsp3) is 0.318. The van der Waals surface area contributed by atoms with Crippen LogP contribution < -0.4 is 10.6 Å². The van der Waals surface area contributed by atoms with Crippen molar-refractivity contribution in [2.75, 3.05) is 18.5 Å². The molecule has 2 rings (SSSR count).